The maximum absolute atomic E-state index is 9.27. The summed E-state index contributed by atoms with van der Waals surface area (Å²) < 4.78 is 0. The van der Waals surface area contributed by atoms with Crippen LogP contribution in [0.2, 0.25) is 0 Å². The van der Waals surface area contributed by atoms with E-state index < -0.39 is 0 Å². The van der Waals surface area contributed by atoms with Gasteiger partial charge in [0.2, 0.25) is 0 Å². The lowest BCUT2D eigenvalue weighted by atomic mass is 9.70. The third-order valence-electron chi connectivity index (χ3n) is 4.17. The zero-order valence-electron chi connectivity index (χ0n) is 11.3. The minimum atomic E-state index is 0.234. The van der Waals surface area contributed by atoms with Crippen LogP contribution in [0.25, 0.3) is 0 Å². The van der Waals surface area contributed by atoms with Crippen molar-refractivity contribution in [2.24, 2.45) is 11.8 Å². The fourth-order valence-corrected chi connectivity index (χ4v) is 3.06. The van der Waals surface area contributed by atoms with Crippen LogP contribution in [-0.4, -0.2) is 23.8 Å². The summed E-state index contributed by atoms with van der Waals surface area (Å²) in [5, 5.41) is 13.0. The van der Waals surface area contributed by atoms with Crippen LogP contribution in [-0.2, 0) is 0 Å². The highest BCUT2D eigenvalue weighted by Crippen LogP contribution is 2.38. The summed E-state index contributed by atoms with van der Waals surface area (Å²) in [6, 6.07) is 0. The van der Waals surface area contributed by atoms with Crippen molar-refractivity contribution in [2.45, 2.75) is 64.8 Å². The zero-order valence-corrected chi connectivity index (χ0v) is 11.3. The topological polar surface area (TPSA) is 32.3 Å². The zero-order chi connectivity index (χ0) is 12.0. The Bertz CT molecular complexity index is 189. The van der Waals surface area contributed by atoms with Gasteiger partial charge < -0.3 is 10.4 Å². The highest BCUT2D eigenvalue weighted by atomic mass is 16.3. The van der Waals surface area contributed by atoms with Crippen LogP contribution in [0.3, 0.4) is 0 Å². The number of aliphatic hydroxyl groups is 1. The Kier molecular flexibility index (Phi) is 5.77. The smallest absolute Gasteiger partial charge is 0.0448 e. The van der Waals surface area contributed by atoms with Crippen molar-refractivity contribution in [2.75, 3.05) is 13.2 Å². The van der Waals surface area contributed by atoms with Crippen molar-refractivity contribution in [3.05, 3.63) is 0 Å². The fourth-order valence-electron chi connectivity index (χ4n) is 3.06. The van der Waals surface area contributed by atoms with Crippen LogP contribution in [0.5, 0.6) is 0 Å². The lowest BCUT2D eigenvalue weighted by Crippen LogP contribution is -2.50. The number of nitrogens with one attached hydrogen (secondary N) is 1. The molecule has 0 heterocycles. The molecule has 0 aromatic carbocycles. The Morgan fingerprint density at radius 3 is 2.75 bits per heavy atom. The summed E-state index contributed by atoms with van der Waals surface area (Å²) in [6.45, 7) is 8.29. The fraction of sp³-hybridized carbons (Fsp3) is 1.00. The van der Waals surface area contributed by atoms with Crippen molar-refractivity contribution >= 4 is 0 Å². The molecule has 2 unspecified atom stereocenters. The Morgan fingerprint density at radius 2 is 2.19 bits per heavy atom. The lowest BCUT2D eigenvalue weighted by molar-refractivity contribution is 0.115. The van der Waals surface area contributed by atoms with E-state index in [0.717, 1.165) is 24.8 Å². The largest absolute Gasteiger partial charge is 0.396 e. The third-order valence-corrected chi connectivity index (χ3v) is 4.17. The molecule has 1 fully saturated rings. The van der Waals surface area contributed by atoms with Gasteiger partial charge in [-0.05, 0) is 44.1 Å². The molecule has 0 amide bonds. The third kappa shape index (κ3) is 3.74. The average molecular weight is 227 g/mol. The first-order valence-corrected chi connectivity index (χ1v) is 6.99. The van der Waals surface area contributed by atoms with E-state index in [1.165, 1.54) is 32.1 Å². The second-order valence-electron chi connectivity index (χ2n) is 5.78. The molecule has 2 heteroatoms. The monoisotopic (exact) mass is 227 g/mol. The first-order chi connectivity index (χ1) is 7.63. The highest BCUT2D eigenvalue weighted by molar-refractivity contribution is 4.94. The molecule has 1 rings (SSSR count). The van der Waals surface area contributed by atoms with Gasteiger partial charge in [0, 0.05) is 12.1 Å². The molecule has 0 aromatic rings. The molecular weight excluding hydrogens is 198 g/mol. The highest BCUT2D eigenvalue weighted by Gasteiger charge is 2.35. The predicted molar refractivity (Wildman–Crippen MR) is 69.5 cm³/mol. The van der Waals surface area contributed by atoms with Gasteiger partial charge in [-0.25, -0.2) is 0 Å². The summed E-state index contributed by atoms with van der Waals surface area (Å²) in [5.74, 6) is 1.62. The number of rotatable bonds is 6. The number of hydrogen-bond donors (Lipinski definition) is 2. The second kappa shape index (κ2) is 6.61. The van der Waals surface area contributed by atoms with Gasteiger partial charge in [0.05, 0.1) is 0 Å². The van der Waals surface area contributed by atoms with Gasteiger partial charge >= 0.3 is 0 Å². The maximum atomic E-state index is 9.27. The summed E-state index contributed by atoms with van der Waals surface area (Å²) in [4.78, 5) is 0. The SMILES string of the molecule is CCCNC1(CCO)CCCC(C(C)C)C1. The molecule has 1 aliphatic rings. The van der Waals surface area contributed by atoms with Gasteiger partial charge in [-0.1, -0.05) is 33.6 Å². The molecule has 2 atom stereocenters. The molecule has 96 valence electrons. The van der Waals surface area contributed by atoms with E-state index in [1.54, 1.807) is 0 Å². The Morgan fingerprint density at radius 1 is 1.44 bits per heavy atom. The molecule has 16 heavy (non-hydrogen) atoms. The summed E-state index contributed by atoms with van der Waals surface area (Å²) in [7, 11) is 0. The minimum absolute atomic E-state index is 0.234. The Labute approximate surface area is 101 Å². The molecule has 0 aliphatic heterocycles. The summed E-state index contributed by atoms with van der Waals surface area (Å²) in [5.41, 5.74) is 0.234. The van der Waals surface area contributed by atoms with E-state index in [9.17, 15) is 5.11 Å². The number of aliphatic hydroxyl groups excluding tert-OH is 1. The molecular formula is C14H29NO. The molecule has 2 N–H and O–H groups in total. The molecule has 0 bridgehead atoms. The quantitative estimate of drug-likeness (QED) is 0.731. The van der Waals surface area contributed by atoms with Crippen molar-refractivity contribution in [3.8, 4) is 0 Å². The standard InChI is InChI=1S/C14H29NO/c1-4-9-15-14(8-10-16)7-5-6-13(11-14)12(2)3/h12-13,15-16H,4-11H2,1-3H3. The van der Waals surface area contributed by atoms with Gasteiger partial charge in [0.25, 0.3) is 0 Å². The molecule has 0 radical (unpaired) electrons. The van der Waals surface area contributed by atoms with Crippen molar-refractivity contribution in [1.82, 2.24) is 5.32 Å². The Hall–Kier alpha value is -0.0800. The van der Waals surface area contributed by atoms with Gasteiger partial charge in [-0.3, -0.25) is 0 Å². The first-order valence-electron chi connectivity index (χ1n) is 6.99. The number of hydrogen-bond acceptors (Lipinski definition) is 2. The van der Waals surface area contributed by atoms with E-state index in [2.05, 4.69) is 26.1 Å². The predicted octanol–water partition coefficient (Wildman–Crippen LogP) is 2.95. The van der Waals surface area contributed by atoms with Crippen LogP contribution in [0.4, 0.5) is 0 Å². The molecule has 1 saturated carbocycles. The molecule has 0 saturated heterocycles. The summed E-state index contributed by atoms with van der Waals surface area (Å²) in [6.07, 6.45) is 7.30. The normalized spacial score (nSPS) is 30.9. The van der Waals surface area contributed by atoms with Crippen LogP contribution in [0.1, 0.15) is 59.3 Å². The molecule has 1 aliphatic carbocycles. The minimum Gasteiger partial charge on any atom is -0.396 e. The van der Waals surface area contributed by atoms with E-state index in [0.29, 0.717) is 6.61 Å². The van der Waals surface area contributed by atoms with E-state index in [1.807, 2.05) is 0 Å². The van der Waals surface area contributed by atoms with Gasteiger partial charge in [-0.15, -0.1) is 0 Å². The van der Waals surface area contributed by atoms with Gasteiger partial charge in [-0.2, -0.15) is 0 Å². The van der Waals surface area contributed by atoms with Crippen molar-refractivity contribution in [1.29, 1.82) is 0 Å². The van der Waals surface area contributed by atoms with E-state index in [-0.39, 0.29) is 5.54 Å². The first kappa shape index (κ1) is 14.0. The van der Waals surface area contributed by atoms with Crippen LogP contribution >= 0.6 is 0 Å². The molecule has 2 nitrogen and oxygen atoms in total. The average Bonchev–Trinajstić information content (AvgIpc) is 2.27. The molecule has 0 spiro atoms. The van der Waals surface area contributed by atoms with Gasteiger partial charge in [0.1, 0.15) is 0 Å². The van der Waals surface area contributed by atoms with Crippen LogP contribution in [0, 0.1) is 11.8 Å². The van der Waals surface area contributed by atoms with Gasteiger partial charge in [0.15, 0.2) is 0 Å². The maximum Gasteiger partial charge on any atom is 0.0448 e. The Balaban J connectivity index is 2.60. The van der Waals surface area contributed by atoms with Crippen LogP contribution in [0.15, 0.2) is 0 Å². The van der Waals surface area contributed by atoms with E-state index >= 15 is 0 Å². The summed E-state index contributed by atoms with van der Waals surface area (Å²) >= 11 is 0. The molecule has 0 aromatic heterocycles. The van der Waals surface area contributed by atoms with E-state index in [4.69, 9.17) is 0 Å². The van der Waals surface area contributed by atoms with Crippen LogP contribution < -0.4 is 5.32 Å². The lowest BCUT2D eigenvalue weighted by Gasteiger charge is -2.43. The van der Waals surface area contributed by atoms with Crippen molar-refractivity contribution < 1.29 is 5.11 Å². The second-order valence-corrected chi connectivity index (χ2v) is 5.78. The van der Waals surface area contributed by atoms with Crippen molar-refractivity contribution in [3.63, 3.8) is 0 Å².